The molecule has 1 aliphatic carbocycles. The summed E-state index contributed by atoms with van der Waals surface area (Å²) in [5, 5.41) is 9.49. The molecule has 0 aromatic heterocycles. The molecule has 0 aromatic carbocycles. The van der Waals surface area contributed by atoms with Crippen molar-refractivity contribution in [3.63, 3.8) is 0 Å². The van der Waals surface area contributed by atoms with Gasteiger partial charge in [0.2, 0.25) is 0 Å². The van der Waals surface area contributed by atoms with Gasteiger partial charge in [-0.25, -0.2) is 0 Å². The minimum Gasteiger partial charge on any atom is -0.480 e. The van der Waals surface area contributed by atoms with Gasteiger partial charge < -0.3 is 5.11 Å². The smallest absolute Gasteiger partial charge is 0.324 e. The molecule has 20 heavy (non-hydrogen) atoms. The number of hydrogen-bond donors (Lipinski definition) is 2. The lowest BCUT2D eigenvalue weighted by Gasteiger charge is -2.31. The molecule has 6 nitrogen and oxygen atoms in total. The zero-order valence-electron chi connectivity index (χ0n) is 12.4. The Bertz CT molecular complexity index is 414. The highest BCUT2D eigenvalue weighted by atomic mass is 32.2. The maximum atomic E-state index is 12.3. The van der Waals surface area contributed by atoms with Crippen molar-refractivity contribution in [3.8, 4) is 0 Å². The molecular formula is C13H26N2O4S. The monoisotopic (exact) mass is 306 g/mol. The van der Waals surface area contributed by atoms with Gasteiger partial charge in [-0.15, -0.1) is 0 Å². The average Bonchev–Trinajstić information content (AvgIpc) is 2.61. The number of rotatable bonds is 7. The molecule has 1 saturated carbocycles. The molecule has 0 radical (unpaired) electrons. The molecule has 1 rings (SSSR count). The maximum absolute atomic E-state index is 12.3. The highest BCUT2D eigenvalue weighted by Crippen LogP contribution is 2.28. The van der Waals surface area contributed by atoms with Crippen LogP contribution in [0.2, 0.25) is 0 Å². The summed E-state index contributed by atoms with van der Waals surface area (Å²) in [4.78, 5) is 11.6. The molecular weight excluding hydrogens is 280 g/mol. The minimum atomic E-state index is -3.75. The van der Waals surface area contributed by atoms with Gasteiger partial charge in [0.25, 0.3) is 10.2 Å². The third-order valence-electron chi connectivity index (χ3n) is 3.93. The van der Waals surface area contributed by atoms with Gasteiger partial charge in [-0.05, 0) is 19.3 Å². The zero-order valence-corrected chi connectivity index (χ0v) is 13.2. The summed E-state index contributed by atoms with van der Waals surface area (Å²) in [5.74, 6) is -1.06. The predicted octanol–water partition coefficient (Wildman–Crippen LogP) is 1.73. The van der Waals surface area contributed by atoms with Crippen LogP contribution in [0.25, 0.3) is 0 Å². The minimum absolute atomic E-state index is 0.364. The first-order chi connectivity index (χ1) is 9.34. The SMILES string of the molecule is CCCCN(C)S(=O)(=O)NC1(C(=O)O)CCCCCC1. The third-order valence-corrected chi connectivity index (χ3v) is 5.58. The van der Waals surface area contributed by atoms with E-state index in [1.165, 1.54) is 11.4 Å². The second-order valence-corrected chi connectivity index (χ2v) is 7.36. The van der Waals surface area contributed by atoms with Crippen molar-refractivity contribution in [3.05, 3.63) is 0 Å². The molecule has 7 heteroatoms. The van der Waals surface area contributed by atoms with Gasteiger partial charge in [0.05, 0.1) is 0 Å². The van der Waals surface area contributed by atoms with E-state index < -0.39 is 21.7 Å². The summed E-state index contributed by atoms with van der Waals surface area (Å²) in [6, 6.07) is 0. The van der Waals surface area contributed by atoms with E-state index >= 15 is 0 Å². The largest absolute Gasteiger partial charge is 0.480 e. The first-order valence-corrected chi connectivity index (χ1v) is 8.77. The fourth-order valence-electron chi connectivity index (χ4n) is 2.52. The van der Waals surface area contributed by atoms with Crippen molar-refractivity contribution < 1.29 is 18.3 Å². The highest BCUT2D eigenvalue weighted by Gasteiger charge is 2.42. The van der Waals surface area contributed by atoms with Gasteiger partial charge >= 0.3 is 5.97 Å². The number of carboxylic acid groups (broad SMARTS) is 1. The molecule has 0 heterocycles. The standard InChI is InChI=1S/C13H26N2O4S/c1-3-4-11-15(2)20(18,19)14-13(12(16)17)9-7-5-6-8-10-13/h14H,3-11H2,1-2H3,(H,16,17). The Hall–Kier alpha value is -0.660. The molecule has 1 aliphatic rings. The first kappa shape index (κ1) is 17.4. The van der Waals surface area contributed by atoms with Crippen LogP contribution >= 0.6 is 0 Å². The van der Waals surface area contributed by atoms with Crippen LogP contribution in [0.5, 0.6) is 0 Å². The van der Waals surface area contributed by atoms with E-state index in [0.29, 0.717) is 19.4 Å². The van der Waals surface area contributed by atoms with E-state index in [9.17, 15) is 18.3 Å². The summed E-state index contributed by atoms with van der Waals surface area (Å²) >= 11 is 0. The highest BCUT2D eigenvalue weighted by molar-refractivity contribution is 7.87. The molecule has 0 amide bonds. The van der Waals surface area contributed by atoms with E-state index in [2.05, 4.69) is 4.72 Å². The van der Waals surface area contributed by atoms with Crippen molar-refractivity contribution in [2.75, 3.05) is 13.6 Å². The Morgan fingerprint density at radius 1 is 1.25 bits per heavy atom. The second-order valence-electron chi connectivity index (χ2n) is 5.58. The number of nitrogens with zero attached hydrogens (tertiary/aromatic N) is 1. The normalized spacial score (nSPS) is 19.8. The fourth-order valence-corrected chi connectivity index (χ4v) is 3.83. The predicted molar refractivity (Wildman–Crippen MR) is 77.7 cm³/mol. The van der Waals surface area contributed by atoms with Crippen molar-refractivity contribution in [1.82, 2.24) is 9.03 Å². The van der Waals surface area contributed by atoms with E-state index in [1.807, 2.05) is 6.92 Å². The number of carbonyl (C=O) groups is 1. The van der Waals surface area contributed by atoms with Gasteiger partial charge in [-0.1, -0.05) is 39.0 Å². The molecule has 0 aliphatic heterocycles. The number of unbranched alkanes of at least 4 members (excludes halogenated alkanes) is 1. The van der Waals surface area contributed by atoms with Gasteiger partial charge in [0.15, 0.2) is 0 Å². The van der Waals surface area contributed by atoms with Crippen LogP contribution in [-0.2, 0) is 15.0 Å². The Morgan fingerprint density at radius 2 is 1.80 bits per heavy atom. The summed E-state index contributed by atoms with van der Waals surface area (Å²) in [6.45, 7) is 2.39. The molecule has 0 atom stereocenters. The van der Waals surface area contributed by atoms with Crippen LogP contribution in [0.3, 0.4) is 0 Å². The summed E-state index contributed by atoms with van der Waals surface area (Å²) in [5.41, 5.74) is -1.34. The summed E-state index contributed by atoms with van der Waals surface area (Å²) in [7, 11) is -2.26. The number of aliphatic carboxylic acids is 1. The van der Waals surface area contributed by atoms with E-state index in [-0.39, 0.29) is 0 Å². The molecule has 0 unspecified atom stereocenters. The zero-order chi connectivity index (χ0) is 15.2. The molecule has 0 bridgehead atoms. The quantitative estimate of drug-likeness (QED) is 0.701. The van der Waals surface area contributed by atoms with Crippen molar-refractivity contribution in [2.24, 2.45) is 0 Å². The van der Waals surface area contributed by atoms with Gasteiger partial charge in [-0.2, -0.15) is 17.4 Å². The summed E-state index contributed by atoms with van der Waals surface area (Å²) in [6.07, 6.45) is 5.79. The van der Waals surface area contributed by atoms with Crippen LogP contribution < -0.4 is 4.72 Å². The Balaban J connectivity index is 2.86. The van der Waals surface area contributed by atoms with Crippen LogP contribution in [0.4, 0.5) is 0 Å². The lowest BCUT2D eigenvalue weighted by molar-refractivity contribution is -0.144. The molecule has 0 aromatic rings. The van der Waals surface area contributed by atoms with Crippen LogP contribution in [0.1, 0.15) is 58.3 Å². The molecule has 1 fully saturated rings. The van der Waals surface area contributed by atoms with Crippen LogP contribution in [0, 0.1) is 0 Å². The van der Waals surface area contributed by atoms with Gasteiger partial charge in [-0.3, -0.25) is 4.79 Å². The Morgan fingerprint density at radius 3 is 2.25 bits per heavy atom. The van der Waals surface area contributed by atoms with Crippen molar-refractivity contribution in [2.45, 2.75) is 63.8 Å². The average molecular weight is 306 g/mol. The van der Waals surface area contributed by atoms with Crippen molar-refractivity contribution >= 4 is 16.2 Å². The maximum Gasteiger partial charge on any atom is 0.324 e. The lowest BCUT2D eigenvalue weighted by Crippen LogP contribution is -2.57. The lowest BCUT2D eigenvalue weighted by atomic mass is 9.92. The van der Waals surface area contributed by atoms with Crippen molar-refractivity contribution in [1.29, 1.82) is 0 Å². The second kappa shape index (κ2) is 7.38. The van der Waals surface area contributed by atoms with Crippen LogP contribution in [0.15, 0.2) is 0 Å². The number of hydrogen-bond acceptors (Lipinski definition) is 3. The molecule has 2 N–H and O–H groups in total. The number of nitrogens with one attached hydrogen (secondary N) is 1. The summed E-state index contributed by atoms with van der Waals surface area (Å²) < 4.78 is 28.2. The third kappa shape index (κ3) is 4.43. The van der Waals surface area contributed by atoms with Gasteiger partial charge in [0.1, 0.15) is 5.54 Å². The number of carboxylic acids is 1. The van der Waals surface area contributed by atoms with E-state index in [4.69, 9.17) is 0 Å². The van der Waals surface area contributed by atoms with E-state index in [1.54, 1.807) is 0 Å². The topological polar surface area (TPSA) is 86.7 Å². The molecule has 0 saturated heterocycles. The van der Waals surface area contributed by atoms with Crippen LogP contribution in [-0.4, -0.2) is 42.9 Å². The Kier molecular flexibility index (Phi) is 6.42. The molecule has 118 valence electrons. The van der Waals surface area contributed by atoms with Gasteiger partial charge in [0, 0.05) is 13.6 Å². The first-order valence-electron chi connectivity index (χ1n) is 7.33. The van der Waals surface area contributed by atoms with E-state index in [0.717, 1.165) is 38.5 Å². The molecule has 0 spiro atoms. The Labute approximate surface area is 121 Å². The fraction of sp³-hybridized carbons (Fsp3) is 0.923.